The van der Waals surface area contributed by atoms with E-state index in [1.54, 1.807) is 7.11 Å². The monoisotopic (exact) mass is 249 g/mol. The minimum Gasteiger partial charge on any atom is -0.497 e. The van der Waals surface area contributed by atoms with Crippen LogP contribution in [0, 0.1) is 0 Å². The maximum absolute atomic E-state index is 8.15. The summed E-state index contributed by atoms with van der Waals surface area (Å²) < 4.78 is 5.13. The Morgan fingerprint density at radius 2 is 2.47 bits per heavy atom. The number of aromatic amines is 1. The Morgan fingerprint density at radius 1 is 1.59 bits per heavy atom. The van der Waals surface area contributed by atoms with Gasteiger partial charge in [-0.15, -0.1) is 0 Å². The highest BCUT2D eigenvalue weighted by molar-refractivity contribution is 7.99. The molecule has 6 nitrogen and oxygen atoms in total. The second-order valence-corrected chi connectivity index (χ2v) is 4.31. The SMILES string of the molecule is COc1ccc2nc(SCCN=[N+]=[N-])[nH]c2c1. The fourth-order valence-electron chi connectivity index (χ4n) is 1.39. The average Bonchev–Trinajstić information content (AvgIpc) is 2.76. The maximum atomic E-state index is 8.15. The summed E-state index contributed by atoms with van der Waals surface area (Å²) >= 11 is 1.53. The predicted octanol–water partition coefficient (Wildman–Crippen LogP) is 2.97. The van der Waals surface area contributed by atoms with Gasteiger partial charge in [0.1, 0.15) is 5.75 Å². The van der Waals surface area contributed by atoms with Crippen molar-refractivity contribution >= 4 is 22.8 Å². The summed E-state index contributed by atoms with van der Waals surface area (Å²) in [6.07, 6.45) is 0. The van der Waals surface area contributed by atoms with Gasteiger partial charge in [0.15, 0.2) is 5.16 Å². The molecule has 0 amide bonds. The first kappa shape index (κ1) is 11.6. The van der Waals surface area contributed by atoms with Gasteiger partial charge in [-0.2, -0.15) is 0 Å². The van der Waals surface area contributed by atoms with Crippen LogP contribution < -0.4 is 4.74 Å². The summed E-state index contributed by atoms with van der Waals surface area (Å²) in [6, 6.07) is 5.68. The van der Waals surface area contributed by atoms with Gasteiger partial charge >= 0.3 is 0 Å². The molecule has 0 aliphatic carbocycles. The Kier molecular flexibility index (Phi) is 3.74. The summed E-state index contributed by atoms with van der Waals surface area (Å²) in [5, 5.41) is 4.29. The summed E-state index contributed by atoms with van der Waals surface area (Å²) in [4.78, 5) is 10.3. The van der Waals surface area contributed by atoms with E-state index in [0.29, 0.717) is 12.3 Å². The van der Waals surface area contributed by atoms with E-state index in [1.807, 2.05) is 18.2 Å². The second kappa shape index (κ2) is 5.47. The van der Waals surface area contributed by atoms with Crippen molar-refractivity contribution in [3.05, 3.63) is 28.6 Å². The molecule has 0 unspecified atom stereocenters. The van der Waals surface area contributed by atoms with Crippen molar-refractivity contribution in [2.75, 3.05) is 19.4 Å². The largest absolute Gasteiger partial charge is 0.497 e. The first-order valence-electron chi connectivity index (χ1n) is 5.01. The Labute approximate surface area is 102 Å². The number of ether oxygens (including phenoxy) is 1. The minimum absolute atomic E-state index is 0.460. The molecule has 0 atom stereocenters. The Morgan fingerprint density at radius 3 is 3.24 bits per heavy atom. The number of rotatable bonds is 5. The second-order valence-electron chi connectivity index (χ2n) is 3.23. The number of imidazole rings is 1. The minimum atomic E-state index is 0.460. The number of H-pyrrole nitrogens is 1. The van der Waals surface area contributed by atoms with Crippen molar-refractivity contribution in [3.63, 3.8) is 0 Å². The molecule has 17 heavy (non-hydrogen) atoms. The third kappa shape index (κ3) is 2.83. The molecule has 1 aromatic carbocycles. The van der Waals surface area contributed by atoms with E-state index in [-0.39, 0.29) is 0 Å². The summed E-state index contributed by atoms with van der Waals surface area (Å²) in [6.45, 7) is 0.460. The van der Waals surface area contributed by atoms with Gasteiger partial charge in [-0.25, -0.2) is 4.98 Å². The van der Waals surface area contributed by atoms with Crippen LogP contribution in [-0.4, -0.2) is 29.4 Å². The zero-order valence-electron chi connectivity index (χ0n) is 9.25. The lowest BCUT2D eigenvalue weighted by Gasteiger charge is -1.96. The lowest BCUT2D eigenvalue weighted by molar-refractivity contribution is 0.415. The maximum Gasteiger partial charge on any atom is 0.166 e. The van der Waals surface area contributed by atoms with Gasteiger partial charge < -0.3 is 9.72 Å². The van der Waals surface area contributed by atoms with E-state index < -0.39 is 0 Å². The number of aromatic nitrogens is 2. The summed E-state index contributed by atoms with van der Waals surface area (Å²) in [7, 11) is 1.63. The molecule has 88 valence electrons. The fraction of sp³-hybridized carbons (Fsp3) is 0.300. The number of hydrogen-bond acceptors (Lipinski definition) is 4. The van der Waals surface area contributed by atoms with Crippen LogP contribution in [0.15, 0.2) is 28.5 Å². The van der Waals surface area contributed by atoms with Crippen LogP contribution in [0.5, 0.6) is 5.75 Å². The molecule has 0 spiro atoms. The molecule has 2 rings (SSSR count). The molecular formula is C10H11N5OS. The third-order valence-electron chi connectivity index (χ3n) is 2.16. The van der Waals surface area contributed by atoms with Crippen molar-refractivity contribution in [2.24, 2.45) is 5.11 Å². The van der Waals surface area contributed by atoms with E-state index in [4.69, 9.17) is 10.3 Å². The first-order chi connectivity index (χ1) is 8.33. The fourth-order valence-corrected chi connectivity index (χ4v) is 2.10. The van der Waals surface area contributed by atoms with Gasteiger partial charge in [0, 0.05) is 23.3 Å². The number of benzene rings is 1. The van der Waals surface area contributed by atoms with Crippen LogP contribution in [0.25, 0.3) is 21.5 Å². The molecule has 0 fully saturated rings. The van der Waals surface area contributed by atoms with Crippen molar-refractivity contribution in [1.82, 2.24) is 9.97 Å². The lowest BCUT2D eigenvalue weighted by atomic mass is 10.3. The number of azide groups is 1. The van der Waals surface area contributed by atoms with Gasteiger partial charge in [-0.05, 0) is 17.7 Å². The Bertz CT molecular complexity index is 561. The van der Waals surface area contributed by atoms with E-state index in [1.165, 1.54) is 11.8 Å². The van der Waals surface area contributed by atoms with Gasteiger partial charge in [0.2, 0.25) is 0 Å². The number of hydrogen-bond donors (Lipinski definition) is 1. The van der Waals surface area contributed by atoms with Crippen LogP contribution in [0.1, 0.15) is 0 Å². The molecule has 0 aliphatic heterocycles. The zero-order valence-corrected chi connectivity index (χ0v) is 10.1. The molecular weight excluding hydrogens is 238 g/mol. The van der Waals surface area contributed by atoms with Gasteiger partial charge in [-0.1, -0.05) is 16.9 Å². The molecule has 0 saturated heterocycles. The molecule has 1 aromatic heterocycles. The molecule has 1 heterocycles. The van der Waals surface area contributed by atoms with Crippen molar-refractivity contribution in [1.29, 1.82) is 0 Å². The van der Waals surface area contributed by atoms with Crippen LogP contribution in [-0.2, 0) is 0 Å². The lowest BCUT2D eigenvalue weighted by Crippen LogP contribution is -1.84. The molecule has 0 aliphatic rings. The van der Waals surface area contributed by atoms with Gasteiger partial charge in [0.05, 0.1) is 18.1 Å². The van der Waals surface area contributed by atoms with E-state index >= 15 is 0 Å². The van der Waals surface area contributed by atoms with Crippen molar-refractivity contribution in [2.45, 2.75) is 5.16 Å². The van der Waals surface area contributed by atoms with Crippen molar-refractivity contribution in [3.8, 4) is 5.75 Å². The molecule has 7 heteroatoms. The van der Waals surface area contributed by atoms with Crippen LogP contribution >= 0.6 is 11.8 Å². The first-order valence-corrected chi connectivity index (χ1v) is 5.99. The molecule has 0 bridgehead atoms. The van der Waals surface area contributed by atoms with Crippen LogP contribution in [0.3, 0.4) is 0 Å². The molecule has 1 N–H and O–H groups in total. The van der Waals surface area contributed by atoms with Gasteiger partial charge in [0.25, 0.3) is 0 Å². The van der Waals surface area contributed by atoms with E-state index in [2.05, 4.69) is 20.0 Å². The summed E-state index contributed by atoms with van der Waals surface area (Å²) in [5.74, 6) is 1.51. The van der Waals surface area contributed by atoms with Crippen LogP contribution in [0.2, 0.25) is 0 Å². The predicted molar refractivity (Wildman–Crippen MR) is 67.4 cm³/mol. The number of methoxy groups -OCH3 is 1. The summed E-state index contributed by atoms with van der Waals surface area (Å²) in [5.41, 5.74) is 9.99. The van der Waals surface area contributed by atoms with E-state index in [0.717, 1.165) is 21.9 Å². The highest BCUT2D eigenvalue weighted by Crippen LogP contribution is 2.22. The highest BCUT2D eigenvalue weighted by atomic mass is 32.2. The Balaban J connectivity index is 2.11. The smallest absolute Gasteiger partial charge is 0.166 e. The third-order valence-corrected chi connectivity index (χ3v) is 3.01. The van der Waals surface area contributed by atoms with Gasteiger partial charge in [-0.3, -0.25) is 0 Å². The zero-order chi connectivity index (χ0) is 12.1. The van der Waals surface area contributed by atoms with Crippen LogP contribution in [0.4, 0.5) is 0 Å². The quantitative estimate of drug-likeness (QED) is 0.290. The number of fused-ring (bicyclic) bond motifs is 1. The van der Waals surface area contributed by atoms with E-state index in [9.17, 15) is 0 Å². The number of thioether (sulfide) groups is 1. The average molecular weight is 249 g/mol. The molecule has 0 radical (unpaired) electrons. The standard InChI is InChI=1S/C10H11N5OS/c1-16-7-2-3-8-9(6-7)14-10(13-8)17-5-4-12-15-11/h2-3,6H,4-5H2,1H3,(H,13,14). The number of nitrogens with zero attached hydrogens (tertiary/aromatic N) is 4. The topological polar surface area (TPSA) is 86.7 Å². The Hall–Kier alpha value is -1.85. The molecule has 0 saturated carbocycles. The normalized spacial score (nSPS) is 10.2. The number of nitrogens with one attached hydrogen (secondary N) is 1. The van der Waals surface area contributed by atoms with Crippen molar-refractivity contribution < 1.29 is 4.74 Å². The highest BCUT2D eigenvalue weighted by Gasteiger charge is 2.03. The molecule has 2 aromatic rings.